The van der Waals surface area contributed by atoms with Gasteiger partial charge in [0, 0.05) is 18.0 Å². The second kappa shape index (κ2) is 5.27. The number of benzene rings is 2. The summed E-state index contributed by atoms with van der Waals surface area (Å²) in [6.07, 6.45) is 0.719. The number of rotatable bonds is 4. The standard InChI is InChI=1S/C15H12O3/c16-10-12-3-7-14(8-4-12)13-5-1-11(2-6-13)9-15(17)18/h1-8,10H,9H2,(H,17,18)/p-1. The van der Waals surface area contributed by atoms with Crippen LogP contribution in [0.15, 0.2) is 48.5 Å². The Morgan fingerprint density at radius 1 is 0.944 bits per heavy atom. The minimum absolute atomic E-state index is 0.0790. The van der Waals surface area contributed by atoms with Crippen LogP contribution >= 0.6 is 0 Å². The SMILES string of the molecule is O=Cc1ccc(-c2ccc(CC(=O)[O-])cc2)cc1. The Kier molecular flexibility index (Phi) is 3.53. The quantitative estimate of drug-likeness (QED) is 0.759. The zero-order valence-corrected chi connectivity index (χ0v) is 9.63. The molecule has 0 aliphatic heterocycles. The molecule has 0 saturated heterocycles. The van der Waals surface area contributed by atoms with Crippen LogP contribution in [0.3, 0.4) is 0 Å². The van der Waals surface area contributed by atoms with Crippen molar-refractivity contribution in [3.8, 4) is 11.1 Å². The fourth-order valence-electron chi connectivity index (χ4n) is 1.74. The molecule has 0 amide bonds. The van der Waals surface area contributed by atoms with Gasteiger partial charge in [-0.05, 0) is 16.7 Å². The van der Waals surface area contributed by atoms with Crippen molar-refractivity contribution in [2.75, 3.05) is 0 Å². The highest BCUT2D eigenvalue weighted by Gasteiger charge is 1.99. The van der Waals surface area contributed by atoms with Crippen LogP contribution in [0.4, 0.5) is 0 Å². The molecular weight excluding hydrogens is 228 g/mol. The summed E-state index contributed by atoms with van der Waals surface area (Å²) in [6, 6.07) is 14.4. The third kappa shape index (κ3) is 2.83. The third-order valence-corrected chi connectivity index (χ3v) is 2.68. The van der Waals surface area contributed by atoms with Crippen molar-refractivity contribution in [1.82, 2.24) is 0 Å². The number of carboxylic acid groups (broad SMARTS) is 1. The number of hydrogen-bond acceptors (Lipinski definition) is 3. The van der Waals surface area contributed by atoms with Gasteiger partial charge in [-0.1, -0.05) is 48.5 Å². The molecule has 0 aliphatic carbocycles. The topological polar surface area (TPSA) is 57.2 Å². The molecule has 3 heteroatoms. The molecular formula is C15H11O3-. The Balaban J connectivity index is 2.22. The molecule has 0 aliphatic rings. The van der Waals surface area contributed by atoms with Gasteiger partial charge in [-0.2, -0.15) is 0 Å². The lowest BCUT2D eigenvalue weighted by Gasteiger charge is -2.05. The van der Waals surface area contributed by atoms with Crippen LogP contribution in [-0.4, -0.2) is 12.3 Å². The van der Waals surface area contributed by atoms with E-state index in [0.717, 1.165) is 17.4 Å². The van der Waals surface area contributed by atoms with Crippen LogP contribution in [0.25, 0.3) is 11.1 Å². The Hall–Kier alpha value is -2.42. The van der Waals surface area contributed by atoms with Crippen LogP contribution in [-0.2, 0) is 11.2 Å². The molecule has 2 rings (SSSR count). The molecule has 3 nitrogen and oxygen atoms in total. The van der Waals surface area contributed by atoms with Gasteiger partial charge >= 0.3 is 0 Å². The fourth-order valence-corrected chi connectivity index (χ4v) is 1.74. The minimum atomic E-state index is -1.09. The molecule has 18 heavy (non-hydrogen) atoms. The Labute approximate surface area is 105 Å². The first kappa shape index (κ1) is 12.0. The summed E-state index contributed by atoms with van der Waals surface area (Å²) >= 11 is 0. The lowest BCUT2D eigenvalue weighted by Crippen LogP contribution is -2.24. The third-order valence-electron chi connectivity index (χ3n) is 2.68. The van der Waals surface area contributed by atoms with Crippen molar-refractivity contribution < 1.29 is 14.7 Å². The van der Waals surface area contributed by atoms with Crippen molar-refractivity contribution in [3.05, 3.63) is 59.7 Å². The number of carbonyl (C=O) groups excluding carboxylic acids is 2. The minimum Gasteiger partial charge on any atom is -0.550 e. The van der Waals surface area contributed by atoms with E-state index >= 15 is 0 Å². The van der Waals surface area contributed by atoms with Gasteiger partial charge in [0.2, 0.25) is 0 Å². The maximum absolute atomic E-state index is 10.5. The van der Waals surface area contributed by atoms with Gasteiger partial charge in [-0.3, -0.25) is 4.79 Å². The number of hydrogen-bond donors (Lipinski definition) is 0. The summed E-state index contributed by atoms with van der Waals surface area (Å²) in [4.78, 5) is 21.0. The number of aliphatic carboxylic acids is 1. The first-order valence-electron chi connectivity index (χ1n) is 5.53. The average Bonchev–Trinajstić information content (AvgIpc) is 2.39. The number of aldehydes is 1. The van der Waals surface area contributed by atoms with Gasteiger partial charge in [-0.25, -0.2) is 0 Å². The van der Waals surface area contributed by atoms with Crippen molar-refractivity contribution >= 4 is 12.3 Å². The smallest absolute Gasteiger partial charge is 0.150 e. The molecule has 2 aromatic rings. The Bertz CT molecular complexity index is 553. The summed E-state index contributed by atoms with van der Waals surface area (Å²) in [7, 11) is 0. The number of carboxylic acids is 1. The molecule has 90 valence electrons. The maximum atomic E-state index is 10.5. The second-order valence-corrected chi connectivity index (χ2v) is 3.99. The van der Waals surface area contributed by atoms with E-state index < -0.39 is 5.97 Å². The van der Waals surface area contributed by atoms with E-state index in [-0.39, 0.29) is 6.42 Å². The molecule has 0 aromatic heterocycles. The van der Waals surface area contributed by atoms with Gasteiger partial charge in [0.05, 0.1) is 0 Å². The lowest BCUT2D eigenvalue weighted by molar-refractivity contribution is -0.304. The van der Waals surface area contributed by atoms with E-state index in [1.165, 1.54) is 0 Å². The predicted molar refractivity (Wildman–Crippen MR) is 66.0 cm³/mol. The lowest BCUT2D eigenvalue weighted by atomic mass is 10.0. The van der Waals surface area contributed by atoms with Crippen molar-refractivity contribution in [1.29, 1.82) is 0 Å². The Morgan fingerprint density at radius 2 is 1.44 bits per heavy atom. The van der Waals surface area contributed by atoms with E-state index in [0.29, 0.717) is 11.1 Å². The van der Waals surface area contributed by atoms with E-state index in [2.05, 4.69) is 0 Å². The summed E-state index contributed by atoms with van der Waals surface area (Å²) in [6.45, 7) is 0. The molecule has 0 radical (unpaired) electrons. The summed E-state index contributed by atoms with van der Waals surface area (Å²) < 4.78 is 0. The van der Waals surface area contributed by atoms with Crippen molar-refractivity contribution in [2.45, 2.75) is 6.42 Å². The first-order chi connectivity index (χ1) is 8.69. The summed E-state index contributed by atoms with van der Waals surface area (Å²) in [5.41, 5.74) is 3.31. The first-order valence-corrected chi connectivity index (χ1v) is 5.53. The van der Waals surface area contributed by atoms with E-state index in [1.807, 2.05) is 24.3 Å². The molecule has 0 unspecified atom stereocenters. The number of carbonyl (C=O) groups is 2. The van der Waals surface area contributed by atoms with Crippen LogP contribution in [0.1, 0.15) is 15.9 Å². The largest absolute Gasteiger partial charge is 0.550 e. The molecule has 0 atom stereocenters. The normalized spacial score (nSPS) is 10.0. The molecule has 0 heterocycles. The molecule has 2 aromatic carbocycles. The van der Waals surface area contributed by atoms with Crippen LogP contribution < -0.4 is 5.11 Å². The molecule has 0 bridgehead atoms. The van der Waals surface area contributed by atoms with Crippen LogP contribution in [0, 0.1) is 0 Å². The molecule has 0 N–H and O–H groups in total. The average molecular weight is 239 g/mol. The molecule has 0 spiro atoms. The van der Waals surface area contributed by atoms with Crippen molar-refractivity contribution in [3.63, 3.8) is 0 Å². The van der Waals surface area contributed by atoms with E-state index in [9.17, 15) is 14.7 Å². The summed E-state index contributed by atoms with van der Waals surface area (Å²) in [5.74, 6) is -1.09. The van der Waals surface area contributed by atoms with E-state index in [1.54, 1.807) is 24.3 Å². The van der Waals surface area contributed by atoms with Crippen LogP contribution in [0.2, 0.25) is 0 Å². The van der Waals surface area contributed by atoms with Gasteiger partial charge in [0.1, 0.15) is 6.29 Å². The second-order valence-electron chi connectivity index (χ2n) is 3.99. The molecule has 0 fully saturated rings. The van der Waals surface area contributed by atoms with Gasteiger partial charge in [-0.15, -0.1) is 0 Å². The highest BCUT2D eigenvalue weighted by Crippen LogP contribution is 2.20. The Morgan fingerprint density at radius 3 is 1.89 bits per heavy atom. The van der Waals surface area contributed by atoms with E-state index in [4.69, 9.17) is 0 Å². The monoisotopic (exact) mass is 239 g/mol. The highest BCUT2D eigenvalue weighted by atomic mass is 16.4. The predicted octanol–water partition coefficient (Wildman–Crippen LogP) is 1.46. The molecule has 0 saturated carbocycles. The fraction of sp³-hybridized carbons (Fsp3) is 0.0667. The van der Waals surface area contributed by atoms with Crippen molar-refractivity contribution in [2.24, 2.45) is 0 Å². The van der Waals surface area contributed by atoms with Crippen LogP contribution in [0.5, 0.6) is 0 Å². The zero-order valence-electron chi connectivity index (χ0n) is 9.63. The van der Waals surface area contributed by atoms with Gasteiger partial charge in [0.15, 0.2) is 0 Å². The highest BCUT2D eigenvalue weighted by molar-refractivity contribution is 5.77. The summed E-state index contributed by atoms with van der Waals surface area (Å²) in [5, 5.41) is 10.4. The van der Waals surface area contributed by atoms with Gasteiger partial charge in [0.25, 0.3) is 0 Å². The van der Waals surface area contributed by atoms with Gasteiger partial charge < -0.3 is 9.90 Å². The zero-order chi connectivity index (χ0) is 13.0. The maximum Gasteiger partial charge on any atom is 0.150 e.